The number of benzene rings is 1. The van der Waals surface area contributed by atoms with E-state index in [0.717, 1.165) is 24.3 Å². The standard InChI is InChI=1S/C20H30O.C10H12O3.C10H20O/c1-16(8-6-9-17(2)13-15-21)11-12-19-18(3)10-7-14-20(19,4)5;1-2-7-13-10(12)8-3-5-9(11)6-4-8;1-7(2)9-5-4-8(3)6-10(9)11/h6,8-9,11-13,21H,7,10,14-15H2,1-5H3;3-6,11H,2,7H2,1H3;7-11H,4-6H2,1-3H3/b9-6+,12-11+,16-8+,17-13+;;. The Balaban J connectivity index is 0.000000361. The third-order valence-corrected chi connectivity index (χ3v) is 8.71. The first-order chi connectivity index (χ1) is 21.2. The van der Waals surface area contributed by atoms with E-state index in [1.807, 2.05) is 26.0 Å². The maximum atomic E-state index is 11.2. The van der Waals surface area contributed by atoms with Gasteiger partial charge in [-0.15, -0.1) is 0 Å². The van der Waals surface area contributed by atoms with Crippen molar-refractivity contribution < 1.29 is 24.9 Å². The van der Waals surface area contributed by atoms with Crippen LogP contribution in [0.3, 0.4) is 0 Å². The molecule has 1 fully saturated rings. The highest BCUT2D eigenvalue weighted by Gasteiger charge is 2.29. The summed E-state index contributed by atoms with van der Waals surface area (Å²) in [6.07, 6.45) is 20.6. The summed E-state index contributed by atoms with van der Waals surface area (Å²) < 4.78 is 4.90. The Hall–Kier alpha value is -2.89. The number of phenolic OH excluding ortho intramolecular Hbond substituents is 1. The van der Waals surface area contributed by atoms with Gasteiger partial charge in [-0.3, -0.25) is 0 Å². The minimum Gasteiger partial charge on any atom is -0.508 e. The van der Waals surface area contributed by atoms with E-state index in [-0.39, 0.29) is 24.4 Å². The van der Waals surface area contributed by atoms with Crippen molar-refractivity contribution in [3.8, 4) is 5.75 Å². The Labute approximate surface area is 274 Å². The first-order valence-corrected chi connectivity index (χ1v) is 16.9. The Morgan fingerprint density at radius 3 is 2.31 bits per heavy atom. The number of aliphatic hydroxyl groups excluding tert-OH is 2. The second-order valence-electron chi connectivity index (χ2n) is 13.7. The van der Waals surface area contributed by atoms with E-state index in [9.17, 15) is 9.90 Å². The normalized spacial score (nSPS) is 22.2. The third kappa shape index (κ3) is 15.8. The van der Waals surface area contributed by atoms with Crippen LogP contribution in [0.1, 0.15) is 118 Å². The maximum Gasteiger partial charge on any atom is 0.338 e. The van der Waals surface area contributed by atoms with E-state index < -0.39 is 0 Å². The first kappa shape index (κ1) is 40.1. The number of hydrogen-bond acceptors (Lipinski definition) is 5. The number of rotatable bonds is 9. The summed E-state index contributed by atoms with van der Waals surface area (Å²) in [5.74, 6) is 1.75. The molecular formula is C40H62O5. The Morgan fingerprint density at radius 2 is 1.76 bits per heavy atom. The van der Waals surface area contributed by atoms with Crippen LogP contribution in [0.2, 0.25) is 0 Å². The van der Waals surface area contributed by atoms with Gasteiger partial charge in [0.1, 0.15) is 5.75 Å². The smallest absolute Gasteiger partial charge is 0.338 e. The SMILES string of the molecule is CC1=C(/C=C/C(C)=C/C=C/C(C)=C/CO)C(C)(C)CCC1.CC1CCC(C(C)C)C(O)C1.CCCOC(=O)c1ccc(O)cc1. The molecule has 5 heteroatoms. The van der Waals surface area contributed by atoms with Gasteiger partial charge in [-0.05, 0) is 112 Å². The number of ether oxygens (including phenoxy) is 1. The van der Waals surface area contributed by atoms with E-state index in [1.54, 1.807) is 6.08 Å². The topological polar surface area (TPSA) is 87.0 Å². The molecule has 0 aromatic heterocycles. The number of aromatic hydroxyl groups is 1. The summed E-state index contributed by atoms with van der Waals surface area (Å²) in [6, 6.07) is 5.99. The molecule has 3 rings (SSSR count). The number of carbonyl (C=O) groups excluding carboxylic acids is 1. The number of esters is 1. The van der Waals surface area contributed by atoms with Crippen molar-refractivity contribution in [2.24, 2.45) is 23.2 Å². The summed E-state index contributed by atoms with van der Waals surface area (Å²) >= 11 is 0. The fraction of sp³-hybridized carbons (Fsp3) is 0.575. The van der Waals surface area contributed by atoms with Gasteiger partial charge in [0, 0.05) is 0 Å². The summed E-state index contributed by atoms with van der Waals surface area (Å²) in [5, 5.41) is 27.5. The molecular weight excluding hydrogens is 560 g/mol. The van der Waals surface area contributed by atoms with Crippen LogP contribution in [-0.2, 0) is 4.74 Å². The van der Waals surface area contributed by atoms with Crippen LogP contribution in [0.5, 0.6) is 5.75 Å². The van der Waals surface area contributed by atoms with Crippen LogP contribution in [0.15, 0.2) is 83.0 Å². The summed E-state index contributed by atoms with van der Waals surface area (Å²) in [5.41, 5.74) is 6.12. The minimum atomic E-state index is -0.346. The molecule has 0 radical (unpaired) electrons. The molecule has 0 amide bonds. The number of phenols is 1. The zero-order valence-corrected chi connectivity index (χ0v) is 29.6. The summed E-state index contributed by atoms with van der Waals surface area (Å²) in [7, 11) is 0. The molecule has 0 aliphatic heterocycles. The second kappa shape index (κ2) is 21.0. The molecule has 3 atom stereocenters. The van der Waals surface area contributed by atoms with E-state index in [2.05, 4.69) is 66.7 Å². The van der Waals surface area contributed by atoms with Crippen LogP contribution in [0, 0.1) is 23.2 Å². The van der Waals surface area contributed by atoms with Gasteiger partial charge in [0.15, 0.2) is 0 Å². The molecule has 0 heterocycles. The lowest BCUT2D eigenvalue weighted by Crippen LogP contribution is -2.31. The van der Waals surface area contributed by atoms with Gasteiger partial charge >= 0.3 is 5.97 Å². The molecule has 1 aromatic carbocycles. The highest BCUT2D eigenvalue weighted by Crippen LogP contribution is 2.40. The monoisotopic (exact) mass is 622 g/mol. The van der Waals surface area contributed by atoms with Crippen molar-refractivity contribution in [1.82, 2.24) is 0 Å². The maximum absolute atomic E-state index is 11.2. The van der Waals surface area contributed by atoms with Crippen molar-refractivity contribution in [1.29, 1.82) is 0 Å². The highest BCUT2D eigenvalue weighted by atomic mass is 16.5. The molecule has 0 bridgehead atoms. The molecule has 2 aliphatic carbocycles. The van der Waals surface area contributed by atoms with E-state index in [4.69, 9.17) is 14.9 Å². The first-order valence-electron chi connectivity index (χ1n) is 16.9. The van der Waals surface area contributed by atoms with Gasteiger partial charge in [-0.2, -0.15) is 0 Å². The molecule has 3 unspecified atom stereocenters. The van der Waals surface area contributed by atoms with E-state index in [0.29, 0.717) is 29.4 Å². The largest absolute Gasteiger partial charge is 0.508 e. The van der Waals surface area contributed by atoms with Crippen LogP contribution in [0.25, 0.3) is 0 Å². The fourth-order valence-electron chi connectivity index (χ4n) is 5.87. The van der Waals surface area contributed by atoms with Crippen molar-refractivity contribution in [2.75, 3.05) is 13.2 Å². The van der Waals surface area contributed by atoms with Crippen molar-refractivity contribution in [3.05, 3.63) is 88.6 Å². The lowest BCUT2D eigenvalue weighted by atomic mass is 9.72. The lowest BCUT2D eigenvalue weighted by molar-refractivity contribution is 0.0265. The lowest BCUT2D eigenvalue weighted by Gasteiger charge is -2.33. The highest BCUT2D eigenvalue weighted by molar-refractivity contribution is 5.89. The Kier molecular flexibility index (Phi) is 18.7. The van der Waals surface area contributed by atoms with Crippen LogP contribution < -0.4 is 0 Å². The van der Waals surface area contributed by atoms with Crippen molar-refractivity contribution >= 4 is 5.97 Å². The second-order valence-corrected chi connectivity index (χ2v) is 13.7. The van der Waals surface area contributed by atoms with Gasteiger partial charge in [-0.25, -0.2) is 4.79 Å². The molecule has 5 nitrogen and oxygen atoms in total. The number of allylic oxidation sites excluding steroid dienone is 9. The number of hydrogen-bond donors (Lipinski definition) is 3. The van der Waals surface area contributed by atoms with Crippen molar-refractivity contribution in [3.63, 3.8) is 0 Å². The molecule has 3 N–H and O–H groups in total. The molecule has 1 saturated carbocycles. The summed E-state index contributed by atoms with van der Waals surface area (Å²) in [4.78, 5) is 11.2. The van der Waals surface area contributed by atoms with Gasteiger partial charge in [0.25, 0.3) is 0 Å². The Bertz CT molecular complexity index is 1160. The van der Waals surface area contributed by atoms with Gasteiger partial charge in [0.2, 0.25) is 0 Å². The Morgan fingerprint density at radius 1 is 1.09 bits per heavy atom. The van der Waals surface area contributed by atoms with Gasteiger partial charge in [-0.1, -0.05) is 101 Å². The zero-order chi connectivity index (χ0) is 34.0. The van der Waals surface area contributed by atoms with Crippen LogP contribution >= 0.6 is 0 Å². The molecule has 45 heavy (non-hydrogen) atoms. The molecule has 1 aromatic rings. The molecule has 2 aliphatic rings. The number of aliphatic hydroxyl groups is 2. The number of carbonyl (C=O) groups is 1. The van der Waals surface area contributed by atoms with Crippen molar-refractivity contribution in [2.45, 2.75) is 113 Å². The third-order valence-electron chi connectivity index (χ3n) is 8.71. The van der Waals surface area contributed by atoms with Crippen LogP contribution in [0.4, 0.5) is 0 Å². The molecule has 0 spiro atoms. The van der Waals surface area contributed by atoms with Gasteiger partial charge in [0.05, 0.1) is 24.9 Å². The average molecular weight is 623 g/mol. The fourth-order valence-corrected chi connectivity index (χ4v) is 5.87. The molecule has 0 saturated heterocycles. The van der Waals surface area contributed by atoms with Crippen LogP contribution in [-0.4, -0.2) is 40.6 Å². The minimum absolute atomic E-state index is 0.0289. The predicted octanol–water partition coefficient (Wildman–Crippen LogP) is 9.91. The molecule has 252 valence electrons. The van der Waals surface area contributed by atoms with E-state index >= 15 is 0 Å². The van der Waals surface area contributed by atoms with Gasteiger partial charge < -0.3 is 20.1 Å². The van der Waals surface area contributed by atoms with E-state index in [1.165, 1.54) is 73.1 Å². The zero-order valence-electron chi connectivity index (χ0n) is 29.6. The quantitative estimate of drug-likeness (QED) is 0.188. The summed E-state index contributed by atoms with van der Waals surface area (Å²) in [6.45, 7) is 20.2. The predicted molar refractivity (Wildman–Crippen MR) is 189 cm³/mol. The average Bonchev–Trinajstić information content (AvgIpc) is 2.96.